The molecule has 3 atom stereocenters. The average molecular weight is 1060 g/mol. The molecule has 3 saturated heterocycles. The average Bonchev–Trinajstić information content (AvgIpc) is 4.07. The third-order valence-electron chi connectivity index (χ3n) is 14.4. The van der Waals surface area contributed by atoms with Crippen molar-refractivity contribution in [3.8, 4) is 22.7 Å². The van der Waals surface area contributed by atoms with E-state index < -0.39 is 40.4 Å². The van der Waals surface area contributed by atoms with Gasteiger partial charge in [-0.25, -0.2) is 28.1 Å². The van der Waals surface area contributed by atoms with Gasteiger partial charge in [0, 0.05) is 56.6 Å². The maximum Gasteiger partial charge on any atom is 0.355 e. The molecule has 0 aliphatic carbocycles. The summed E-state index contributed by atoms with van der Waals surface area (Å²) in [6.45, 7) is 17.7. The SMILES string of the molecule is C=C(Cn1c(CNc2nc(N3C[C@@H]4CCCN[C@@H]4C3)nc3c(Br)cnn23)nc2cc(C)ccc21)C(=O)N1CCN(c2nc(=O)n(-c3c(C)ccnc3C(C)C)c3nc(-c4c(O)cccc4F)c(F)cc23)[C@@H](C)C1. The topological polar surface area (TPSA) is 193 Å². The Morgan fingerprint density at radius 1 is 1.00 bits per heavy atom. The minimum atomic E-state index is -0.927. The van der Waals surface area contributed by atoms with Crippen LogP contribution in [0, 0.1) is 31.4 Å². The third-order valence-corrected chi connectivity index (χ3v) is 14.9. The zero-order chi connectivity index (χ0) is 51.0. The van der Waals surface area contributed by atoms with Crippen molar-refractivity contribution in [1.29, 1.82) is 0 Å². The molecule has 18 nitrogen and oxygen atoms in total. The van der Waals surface area contributed by atoms with Gasteiger partial charge < -0.3 is 35.0 Å². The first-order valence-electron chi connectivity index (χ1n) is 24.5. The van der Waals surface area contributed by atoms with Gasteiger partial charge in [-0.2, -0.15) is 24.6 Å². The Bertz CT molecular complexity index is 3560. The molecule has 376 valence electrons. The van der Waals surface area contributed by atoms with E-state index in [1.165, 1.54) is 29.2 Å². The second kappa shape index (κ2) is 18.9. The number of aryl methyl sites for hydroxylation is 2. The summed E-state index contributed by atoms with van der Waals surface area (Å²) in [4.78, 5) is 63.6. The Labute approximate surface area is 427 Å². The normalized spacial score (nSPS) is 18.2. The Morgan fingerprint density at radius 2 is 1.84 bits per heavy atom. The van der Waals surface area contributed by atoms with Gasteiger partial charge >= 0.3 is 5.69 Å². The van der Waals surface area contributed by atoms with Crippen LogP contribution in [0.2, 0.25) is 0 Å². The number of amides is 1. The Balaban J connectivity index is 0.872. The summed E-state index contributed by atoms with van der Waals surface area (Å²) >= 11 is 3.63. The first kappa shape index (κ1) is 47.9. The molecule has 2 aromatic carbocycles. The molecule has 0 unspecified atom stereocenters. The predicted molar refractivity (Wildman–Crippen MR) is 278 cm³/mol. The highest BCUT2D eigenvalue weighted by Crippen LogP contribution is 2.37. The molecule has 9 heterocycles. The molecule has 8 aromatic rings. The van der Waals surface area contributed by atoms with Crippen molar-refractivity contribution >= 4 is 67.3 Å². The smallest absolute Gasteiger partial charge is 0.355 e. The van der Waals surface area contributed by atoms with Crippen molar-refractivity contribution in [2.45, 2.75) is 78.6 Å². The van der Waals surface area contributed by atoms with E-state index in [1.54, 1.807) is 27.9 Å². The molecule has 0 saturated carbocycles. The number of piperazine rings is 1. The number of pyridine rings is 2. The van der Waals surface area contributed by atoms with Crippen molar-refractivity contribution in [1.82, 2.24) is 58.9 Å². The van der Waals surface area contributed by atoms with Gasteiger partial charge in [-0.15, -0.1) is 0 Å². The fourth-order valence-electron chi connectivity index (χ4n) is 10.7. The summed E-state index contributed by atoms with van der Waals surface area (Å²) in [5, 5.41) is 22.7. The number of carbonyl (C=O) groups is 1. The summed E-state index contributed by atoms with van der Waals surface area (Å²) in [5.41, 5.74) is 3.70. The highest BCUT2D eigenvalue weighted by atomic mass is 79.9. The summed E-state index contributed by atoms with van der Waals surface area (Å²) in [6, 6.07) is 12.6. The van der Waals surface area contributed by atoms with Crippen molar-refractivity contribution in [2.24, 2.45) is 5.92 Å². The second-order valence-corrected chi connectivity index (χ2v) is 20.5. The lowest BCUT2D eigenvalue weighted by Crippen LogP contribution is -2.54. The van der Waals surface area contributed by atoms with E-state index in [2.05, 4.69) is 58.1 Å². The molecule has 1 amide bonds. The molecule has 21 heteroatoms. The standard InChI is InChI=1S/C52H54BrF2N15O3/c1-27(2)43-45(29(4)14-16-57-43)69-47-33(20-36(55)44(61-47)42-35(54)10-7-11-40(42)71)46(63-52(69)73)67-18-17-65(24-31(67)6)49(72)30(5)23-68-39-13-12-28(3)19-37(39)60-41(68)22-58-50-64-51(62-48-34(53)21-59-70(48)50)66-25-32-9-8-15-56-38(32)26-66/h7,10-14,16,19-21,27,31-32,38,56,71H,5,8-9,15,17-18,22-26H2,1-4,6H3,(H,58,62,64)/t31-,32-,38+/m0/s1. The number of piperidine rings is 1. The number of rotatable bonds is 11. The number of carbonyl (C=O) groups excluding carboxylic acids is 1. The summed E-state index contributed by atoms with van der Waals surface area (Å²) in [7, 11) is 0. The largest absolute Gasteiger partial charge is 0.507 e. The second-order valence-electron chi connectivity index (χ2n) is 19.7. The van der Waals surface area contributed by atoms with Gasteiger partial charge in [-0.05, 0) is 115 Å². The quantitative estimate of drug-likeness (QED) is 0.110. The van der Waals surface area contributed by atoms with Crippen molar-refractivity contribution in [3.05, 3.63) is 122 Å². The number of benzene rings is 2. The first-order valence-corrected chi connectivity index (χ1v) is 25.3. The molecular weight excluding hydrogens is 1000 g/mol. The van der Waals surface area contributed by atoms with Crippen LogP contribution in [0.3, 0.4) is 0 Å². The predicted octanol–water partition coefficient (Wildman–Crippen LogP) is 7.21. The van der Waals surface area contributed by atoms with Crippen LogP contribution in [0.15, 0.2) is 82.3 Å². The summed E-state index contributed by atoms with van der Waals surface area (Å²) in [6.07, 6.45) is 5.68. The molecule has 3 N–H and O–H groups in total. The van der Waals surface area contributed by atoms with Crippen molar-refractivity contribution in [2.75, 3.05) is 54.4 Å². The number of hydrogen-bond acceptors (Lipinski definition) is 14. The molecule has 0 spiro atoms. The van der Waals surface area contributed by atoms with Crippen LogP contribution < -0.4 is 26.1 Å². The number of phenols is 1. The first-order chi connectivity index (χ1) is 35.1. The number of aromatic nitrogens is 10. The Hall–Kier alpha value is -7.39. The maximum absolute atomic E-state index is 16.4. The number of nitrogens with zero attached hydrogens (tertiary/aromatic N) is 13. The van der Waals surface area contributed by atoms with E-state index in [0.717, 1.165) is 53.2 Å². The molecule has 3 fully saturated rings. The number of hydrogen-bond donors (Lipinski definition) is 3. The van der Waals surface area contributed by atoms with E-state index in [9.17, 15) is 14.7 Å². The van der Waals surface area contributed by atoms with Gasteiger partial charge in [0.05, 0.1) is 57.1 Å². The van der Waals surface area contributed by atoms with Gasteiger partial charge in [-0.1, -0.05) is 32.6 Å². The fraction of sp³-hybridized carbons (Fsp3) is 0.365. The lowest BCUT2D eigenvalue weighted by atomic mass is 9.94. The van der Waals surface area contributed by atoms with Crippen molar-refractivity contribution in [3.63, 3.8) is 0 Å². The highest BCUT2D eigenvalue weighted by Gasteiger charge is 2.37. The number of imidazole rings is 1. The minimum absolute atomic E-state index is 0.00264. The molecular formula is C52H54BrF2N15O3. The van der Waals surface area contributed by atoms with Crippen LogP contribution in [-0.2, 0) is 17.9 Å². The third kappa shape index (κ3) is 8.60. The van der Waals surface area contributed by atoms with Gasteiger partial charge in [-0.3, -0.25) is 9.78 Å². The number of anilines is 3. The lowest BCUT2D eigenvalue weighted by molar-refractivity contribution is -0.128. The van der Waals surface area contributed by atoms with E-state index in [0.29, 0.717) is 57.8 Å². The van der Waals surface area contributed by atoms with E-state index >= 15 is 8.78 Å². The minimum Gasteiger partial charge on any atom is -0.507 e. The lowest BCUT2D eigenvalue weighted by Gasteiger charge is -2.41. The van der Waals surface area contributed by atoms with Crippen molar-refractivity contribution < 1.29 is 18.7 Å². The number of halogens is 3. The zero-order valence-electron chi connectivity index (χ0n) is 41.1. The number of aromatic hydroxyl groups is 1. The van der Waals surface area contributed by atoms with Gasteiger partial charge in [0.25, 0.3) is 5.91 Å². The monoisotopic (exact) mass is 1050 g/mol. The van der Waals surface area contributed by atoms with Gasteiger partial charge in [0.15, 0.2) is 17.1 Å². The zero-order valence-corrected chi connectivity index (χ0v) is 42.7. The molecule has 11 rings (SSSR count). The molecule has 0 bridgehead atoms. The summed E-state index contributed by atoms with van der Waals surface area (Å²) in [5.74, 6) is -0.242. The highest BCUT2D eigenvalue weighted by molar-refractivity contribution is 9.10. The van der Waals surface area contributed by atoms with Crippen LogP contribution in [0.5, 0.6) is 5.75 Å². The van der Waals surface area contributed by atoms with E-state index in [1.807, 2.05) is 62.3 Å². The molecule has 3 aliphatic heterocycles. The van der Waals surface area contributed by atoms with E-state index in [-0.39, 0.29) is 61.4 Å². The molecule has 0 radical (unpaired) electrons. The van der Waals surface area contributed by atoms with Gasteiger partial charge in [0.2, 0.25) is 11.9 Å². The molecule has 3 aliphatic rings. The molecule has 73 heavy (non-hydrogen) atoms. The number of phenolic OH excluding ortho intramolecular Hbond substituents is 1. The number of nitrogens with one attached hydrogen (secondary N) is 2. The van der Waals surface area contributed by atoms with Crippen LogP contribution in [0.25, 0.3) is 44.7 Å². The van der Waals surface area contributed by atoms with Crippen LogP contribution >= 0.6 is 15.9 Å². The molecule has 6 aromatic heterocycles. The Morgan fingerprint density at radius 3 is 2.62 bits per heavy atom. The Kier molecular flexibility index (Phi) is 12.4. The fourth-order valence-corrected chi connectivity index (χ4v) is 11.1. The van der Waals surface area contributed by atoms with Crippen LogP contribution in [0.1, 0.15) is 62.2 Å². The number of fused-ring (bicyclic) bond motifs is 4. The van der Waals surface area contributed by atoms with Crippen LogP contribution in [0.4, 0.5) is 26.5 Å². The van der Waals surface area contributed by atoms with Crippen LogP contribution in [-0.4, -0.2) is 116 Å². The van der Waals surface area contributed by atoms with Gasteiger partial charge in [0.1, 0.15) is 28.9 Å². The van der Waals surface area contributed by atoms with E-state index in [4.69, 9.17) is 15.0 Å². The summed E-state index contributed by atoms with van der Waals surface area (Å²) < 4.78 is 37.5. The maximum atomic E-state index is 16.4.